The Hall–Kier alpha value is -2.22. The normalized spacial score (nSPS) is 10.4. The van der Waals surface area contributed by atoms with Crippen molar-refractivity contribution in [2.24, 2.45) is 0 Å². The van der Waals surface area contributed by atoms with Crippen LogP contribution in [-0.2, 0) is 11.3 Å². The number of carbonyl (C=O) groups excluding carboxylic acids is 2. The second-order valence-electron chi connectivity index (χ2n) is 4.49. The predicted molar refractivity (Wildman–Crippen MR) is 79.4 cm³/mol. The molecule has 0 aliphatic carbocycles. The maximum absolute atomic E-state index is 12.0. The highest BCUT2D eigenvalue weighted by Gasteiger charge is 2.13. The summed E-state index contributed by atoms with van der Waals surface area (Å²) in [5, 5.41) is 7.37. The van der Waals surface area contributed by atoms with Crippen LogP contribution in [0.25, 0.3) is 0 Å². The molecule has 0 unspecified atom stereocenters. The van der Waals surface area contributed by atoms with Crippen molar-refractivity contribution in [1.29, 1.82) is 0 Å². The molecule has 0 atom stereocenters. The highest BCUT2D eigenvalue weighted by molar-refractivity contribution is 7.98. The van der Waals surface area contributed by atoms with E-state index in [-0.39, 0.29) is 24.1 Å². The van der Waals surface area contributed by atoms with Crippen molar-refractivity contribution < 1.29 is 14.0 Å². The number of furan rings is 1. The second-order valence-corrected chi connectivity index (χ2v) is 5.30. The molecule has 1 N–H and O–H groups in total. The van der Waals surface area contributed by atoms with Crippen molar-refractivity contribution in [2.75, 3.05) is 25.7 Å². The summed E-state index contributed by atoms with van der Waals surface area (Å²) < 4.78 is 6.80. The molecule has 0 saturated carbocycles. The minimum Gasteiger partial charge on any atom is -0.445 e. The van der Waals surface area contributed by atoms with Crippen molar-refractivity contribution in [3.05, 3.63) is 30.3 Å². The van der Waals surface area contributed by atoms with Crippen LogP contribution >= 0.6 is 11.8 Å². The zero-order valence-corrected chi connectivity index (χ0v) is 12.8. The minimum absolute atomic E-state index is 0.0772. The van der Waals surface area contributed by atoms with E-state index >= 15 is 0 Å². The summed E-state index contributed by atoms with van der Waals surface area (Å²) in [6, 6.07) is 3.35. The molecule has 112 valence electrons. The predicted octanol–water partition coefficient (Wildman–Crippen LogP) is 1.54. The van der Waals surface area contributed by atoms with E-state index in [0.717, 1.165) is 0 Å². The summed E-state index contributed by atoms with van der Waals surface area (Å²) >= 11 is 1.42. The molecule has 0 fully saturated rings. The van der Waals surface area contributed by atoms with E-state index in [9.17, 15) is 9.59 Å². The van der Waals surface area contributed by atoms with Gasteiger partial charge in [-0.1, -0.05) is 11.8 Å². The van der Waals surface area contributed by atoms with Crippen LogP contribution < -0.4 is 5.32 Å². The first-order chi connectivity index (χ1) is 9.99. The van der Waals surface area contributed by atoms with E-state index in [2.05, 4.69) is 10.4 Å². The molecule has 7 nitrogen and oxygen atoms in total. The smallest absolute Gasteiger partial charge is 0.291 e. The summed E-state index contributed by atoms with van der Waals surface area (Å²) in [5.41, 5.74) is 0.508. The number of likely N-dealkylation sites (N-methyl/N-ethyl adjacent to an activating group) is 1. The van der Waals surface area contributed by atoms with Crippen LogP contribution in [0.3, 0.4) is 0 Å². The first-order valence-corrected chi connectivity index (χ1v) is 7.40. The molecule has 2 amide bonds. The zero-order chi connectivity index (χ0) is 15.4. The molecule has 2 heterocycles. The fraction of sp³-hybridized carbons (Fsp3) is 0.308. The monoisotopic (exact) mass is 308 g/mol. The fourth-order valence-corrected chi connectivity index (χ4v) is 1.92. The lowest BCUT2D eigenvalue weighted by Gasteiger charge is -2.09. The average Bonchev–Trinajstić information content (AvgIpc) is 3.07. The van der Waals surface area contributed by atoms with Crippen LogP contribution in [0.4, 0.5) is 5.69 Å². The molecule has 8 heteroatoms. The summed E-state index contributed by atoms with van der Waals surface area (Å²) in [4.78, 5) is 25.0. The summed E-state index contributed by atoms with van der Waals surface area (Å²) in [7, 11) is 3.35. The summed E-state index contributed by atoms with van der Waals surface area (Å²) in [6.07, 6.45) is 4.95. The number of nitrogens with zero attached hydrogens (tertiary/aromatic N) is 3. The van der Waals surface area contributed by atoms with Crippen LogP contribution in [-0.4, -0.2) is 46.8 Å². The molecule has 0 aliphatic rings. The summed E-state index contributed by atoms with van der Waals surface area (Å²) in [6.45, 7) is 0.125. The van der Waals surface area contributed by atoms with Gasteiger partial charge in [-0.05, 0) is 18.4 Å². The van der Waals surface area contributed by atoms with Gasteiger partial charge < -0.3 is 14.6 Å². The van der Waals surface area contributed by atoms with Crippen molar-refractivity contribution in [3.8, 4) is 0 Å². The van der Waals surface area contributed by atoms with E-state index in [1.165, 1.54) is 27.5 Å². The number of rotatable bonds is 5. The zero-order valence-electron chi connectivity index (χ0n) is 12.0. The van der Waals surface area contributed by atoms with E-state index in [1.54, 1.807) is 32.4 Å². The largest absolute Gasteiger partial charge is 0.445 e. The number of aromatic nitrogens is 2. The Morgan fingerprint density at radius 1 is 1.43 bits per heavy atom. The van der Waals surface area contributed by atoms with E-state index < -0.39 is 0 Å². The average molecular weight is 308 g/mol. The lowest BCUT2D eigenvalue weighted by Crippen LogP contribution is -2.26. The number of amides is 2. The van der Waals surface area contributed by atoms with Crippen LogP contribution in [0, 0.1) is 0 Å². The Labute approximate surface area is 126 Å². The van der Waals surface area contributed by atoms with Gasteiger partial charge in [0.1, 0.15) is 6.54 Å². The number of thioether (sulfide) groups is 1. The number of carbonyl (C=O) groups is 2. The van der Waals surface area contributed by atoms with Gasteiger partial charge in [0.15, 0.2) is 10.9 Å². The third kappa shape index (κ3) is 3.88. The van der Waals surface area contributed by atoms with Gasteiger partial charge in [0.2, 0.25) is 5.91 Å². The van der Waals surface area contributed by atoms with Gasteiger partial charge in [-0.25, -0.2) is 0 Å². The van der Waals surface area contributed by atoms with Gasteiger partial charge in [-0.15, -0.1) is 0 Å². The maximum Gasteiger partial charge on any atom is 0.291 e. The van der Waals surface area contributed by atoms with E-state index in [1.807, 2.05) is 6.26 Å². The Morgan fingerprint density at radius 3 is 2.81 bits per heavy atom. The van der Waals surface area contributed by atoms with Crippen LogP contribution in [0.1, 0.15) is 10.6 Å². The minimum atomic E-state index is -0.353. The molecule has 2 aromatic rings. The first-order valence-electron chi connectivity index (χ1n) is 6.17. The Balaban J connectivity index is 1.98. The third-order valence-electron chi connectivity index (χ3n) is 2.69. The van der Waals surface area contributed by atoms with Crippen LogP contribution in [0.2, 0.25) is 0 Å². The van der Waals surface area contributed by atoms with Crippen molar-refractivity contribution in [2.45, 2.75) is 11.6 Å². The molecule has 0 bridgehead atoms. The van der Waals surface area contributed by atoms with Crippen molar-refractivity contribution >= 4 is 29.3 Å². The molecular weight excluding hydrogens is 292 g/mol. The topological polar surface area (TPSA) is 80.4 Å². The van der Waals surface area contributed by atoms with E-state index in [0.29, 0.717) is 10.8 Å². The van der Waals surface area contributed by atoms with Gasteiger partial charge >= 0.3 is 0 Å². The molecule has 0 spiro atoms. The molecule has 2 aromatic heterocycles. The molecule has 2 rings (SSSR count). The highest BCUT2D eigenvalue weighted by atomic mass is 32.2. The standard InChI is InChI=1S/C13H16N4O3S/c1-16(2)11(18)8-17-7-9(6-14-17)15-13(19)10-4-5-12(20-10)21-3/h4-7H,8H2,1-3H3,(H,15,19). The molecule has 0 aromatic carbocycles. The van der Waals surface area contributed by atoms with Crippen molar-refractivity contribution in [1.82, 2.24) is 14.7 Å². The number of hydrogen-bond donors (Lipinski definition) is 1. The Kier molecular flexibility index (Phi) is 4.69. The quantitative estimate of drug-likeness (QED) is 0.847. The molecule has 0 radical (unpaired) electrons. The van der Waals surface area contributed by atoms with Gasteiger partial charge in [0.05, 0.1) is 11.9 Å². The third-order valence-corrected chi connectivity index (χ3v) is 3.32. The van der Waals surface area contributed by atoms with Gasteiger partial charge in [-0.2, -0.15) is 5.10 Å². The molecule has 21 heavy (non-hydrogen) atoms. The first kappa shape index (κ1) is 15.2. The van der Waals surface area contributed by atoms with Gasteiger partial charge in [-0.3, -0.25) is 14.3 Å². The van der Waals surface area contributed by atoms with Crippen LogP contribution in [0.15, 0.2) is 34.0 Å². The molecular formula is C13H16N4O3S. The lowest BCUT2D eigenvalue weighted by molar-refractivity contribution is -0.129. The highest BCUT2D eigenvalue weighted by Crippen LogP contribution is 2.18. The fourth-order valence-electron chi connectivity index (χ4n) is 1.54. The SMILES string of the molecule is CSc1ccc(C(=O)Nc2cnn(CC(=O)N(C)C)c2)o1. The van der Waals surface area contributed by atoms with E-state index in [4.69, 9.17) is 4.42 Å². The molecule has 0 saturated heterocycles. The maximum atomic E-state index is 12.0. The van der Waals surface area contributed by atoms with Gasteiger partial charge in [0, 0.05) is 20.3 Å². The number of nitrogens with one attached hydrogen (secondary N) is 1. The second kappa shape index (κ2) is 6.49. The summed E-state index contributed by atoms with van der Waals surface area (Å²) in [5.74, 6) is -0.197. The number of anilines is 1. The van der Waals surface area contributed by atoms with Crippen LogP contribution in [0.5, 0.6) is 0 Å². The lowest BCUT2D eigenvalue weighted by atomic mass is 10.4. The Morgan fingerprint density at radius 2 is 2.19 bits per heavy atom. The van der Waals surface area contributed by atoms with Gasteiger partial charge in [0.25, 0.3) is 5.91 Å². The Bertz CT molecular complexity index is 647. The molecule has 0 aliphatic heterocycles. The van der Waals surface area contributed by atoms with Crippen molar-refractivity contribution in [3.63, 3.8) is 0 Å². The number of hydrogen-bond acceptors (Lipinski definition) is 5.